The molecule has 0 saturated carbocycles. The Morgan fingerprint density at radius 3 is 2.61 bits per heavy atom. The molecule has 2 aromatic rings. The maximum absolute atomic E-state index is 12.9. The zero-order valence-corrected chi connectivity index (χ0v) is 11.4. The lowest BCUT2D eigenvalue weighted by Gasteiger charge is -2.07. The summed E-state index contributed by atoms with van der Waals surface area (Å²) in [7, 11) is -3.72. The van der Waals surface area contributed by atoms with E-state index in [0.717, 1.165) is 10.9 Å². The van der Waals surface area contributed by atoms with Crippen LogP contribution in [0.15, 0.2) is 29.3 Å². The van der Waals surface area contributed by atoms with Crippen LogP contribution < -0.4 is 4.72 Å². The van der Waals surface area contributed by atoms with E-state index in [2.05, 4.69) is 9.71 Å². The average molecular weight is 286 g/mol. The topological polar surface area (TPSA) is 59.1 Å². The number of aryl methyl sites for hydroxylation is 2. The van der Waals surface area contributed by atoms with Gasteiger partial charge in [0.2, 0.25) is 0 Å². The molecule has 18 heavy (non-hydrogen) atoms. The minimum Gasteiger partial charge on any atom is -0.255 e. The van der Waals surface area contributed by atoms with Gasteiger partial charge in [0.25, 0.3) is 10.0 Å². The van der Waals surface area contributed by atoms with E-state index >= 15 is 0 Å². The number of hydrogen-bond donors (Lipinski definition) is 1. The summed E-state index contributed by atoms with van der Waals surface area (Å²) in [4.78, 5) is 4.89. The fourth-order valence-electron chi connectivity index (χ4n) is 1.49. The summed E-state index contributed by atoms with van der Waals surface area (Å²) in [5.74, 6) is -0.462. The average Bonchev–Trinajstić information content (AvgIpc) is 2.62. The second-order valence-corrected chi connectivity index (χ2v) is 6.68. The van der Waals surface area contributed by atoms with Crippen molar-refractivity contribution in [3.05, 3.63) is 40.7 Å². The van der Waals surface area contributed by atoms with Crippen LogP contribution in [0, 0.1) is 19.7 Å². The van der Waals surface area contributed by atoms with Gasteiger partial charge in [-0.2, -0.15) is 0 Å². The van der Waals surface area contributed by atoms with Crippen LogP contribution in [0.4, 0.5) is 9.52 Å². The molecule has 1 N–H and O–H groups in total. The van der Waals surface area contributed by atoms with Crippen molar-refractivity contribution >= 4 is 26.5 Å². The van der Waals surface area contributed by atoms with Gasteiger partial charge in [0, 0.05) is 11.1 Å². The first-order valence-corrected chi connectivity index (χ1v) is 7.40. The zero-order valence-electron chi connectivity index (χ0n) is 9.77. The molecule has 0 atom stereocenters. The van der Waals surface area contributed by atoms with E-state index in [4.69, 9.17) is 0 Å². The monoisotopic (exact) mass is 286 g/mol. The second-order valence-electron chi connectivity index (χ2n) is 3.79. The molecule has 2 rings (SSSR count). The molecule has 1 aromatic carbocycles. The Morgan fingerprint density at radius 1 is 1.33 bits per heavy atom. The first-order chi connectivity index (χ1) is 8.38. The molecule has 0 saturated heterocycles. The van der Waals surface area contributed by atoms with E-state index in [1.54, 1.807) is 13.1 Å². The molecule has 0 spiro atoms. The maximum atomic E-state index is 12.9. The molecule has 96 valence electrons. The Morgan fingerprint density at radius 2 is 2.06 bits per heavy atom. The van der Waals surface area contributed by atoms with Crippen LogP contribution in [0.3, 0.4) is 0 Å². The molecule has 0 bridgehead atoms. The molecule has 0 aliphatic heterocycles. The minimum absolute atomic E-state index is 0.0525. The largest absolute Gasteiger partial charge is 0.263 e. The van der Waals surface area contributed by atoms with Crippen molar-refractivity contribution in [2.45, 2.75) is 18.7 Å². The predicted octanol–water partition coefficient (Wildman–Crippen LogP) is 2.70. The van der Waals surface area contributed by atoms with Crippen LogP contribution in [0.5, 0.6) is 0 Å². The number of anilines is 1. The van der Waals surface area contributed by atoms with Crippen LogP contribution in [0.2, 0.25) is 0 Å². The number of rotatable bonds is 3. The molecule has 0 amide bonds. The fraction of sp³-hybridized carbons (Fsp3) is 0.182. The molecule has 0 aliphatic rings. The first-order valence-electron chi connectivity index (χ1n) is 5.10. The van der Waals surface area contributed by atoms with Crippen LogP contribution in [0.25, 0.3) is 0 Å². The number of nitrogens with zero attached hydrogens (tertiary/aromatic N) is 1. The molecule has 0 radical (unpaired) electrons. The number of hydrogen-bond acceptors (Lipinski definition) is 4. The van der Waals surface area contributed by atoms with E-state index in [1.807, 2.05) is 6.92 Å². The minimum atomic E-state index is -3.72. The summed E-state index contributed by atoms with van der Waals surface area (Å²) in [6.45, 7) is 3.38. The third-order valence-electron chi connectivity index (χ3n) is 2.27. The Balaban J connectivity index is 2.36. The van der Waals surface area contributed by atoms with Crippen LogP contribution >= 0.6 is 11.3 Å². The fourth-order valence-corrected chi connectivity index (χ4v) is 3.62. The zero-order chi connectivity index (χ0) is 13.3. The molecule has 4 nitrogen and oxygen atoms in total. The van der Waals surface area contributed by atoms with E-state index in [9.17, 15) is 12.8 Å². The summed E-state index contributed by atoms with van der Waals surface area (Å²) in [6.07, 6.45) is 1.58. The Kier molecular flexibility index (Phi) is 3.36. The van der Waals surface area contributed by atoms with E-state index in [1.165, 1.54) is 23.5 Å². The summed E-state index contributed by atoms with van der Waals surface area (Å²) in [5, 5.41) is 0.302. The van der Waals surface area contributed by atoms with Crippen LogP contribution in [-0.2, 0) is 10.0 Å². The highest BCUT2D eigenvalue weighted by molar-refractivity contribution is 7.93. The van der Waals surface area contributed by atoms with Crippen molar-refractivity contribution in [2.75, 3.05) is 4.72 Å². The van der Waals surface area contributed by atoms with Gasteiger partial charge in [0.1, 0.15) is 5.82 Å². The number of thiazole rings is 1. The summed E-state index contributed by atoms with van der Waals surface area (Å²) < 4.78 is 39.5. The Hall–Kier alpha value is -1.47. The number of benzene rings is 1. The van der Waals surface area contributed by atoms with Crippen molar-refractivity contribution in [1.29, 1.82) is 0 Å². The van der Waals surface area contributed by atoms with Crippen LogP contribution in [-0.4, -0.2) is 13.4 Å². The summed E-state index contributed by atoms with van der Waals surface area (Å²) >= 11 is 1.24. The lowest BCUT2D eigenvalue weighted by molar-refractivity contribution is 0.598. The van der Waals surface area contributed by atoms with E-state index in [0.29, 0.717) is 10.7 Å². The van der Waals surface area contributed by atoms with Crippen molar-refractivity contribution in [3.63, 3.8) is 0 Å². The number of nitrogens with one attached hydrogen (secondary N) is 1. The van der Waals surface area contributed by atoms with Gasteiger partial charge in [-0.1, -0.05) is 0 Å². The van der Waals surface area contributed by atoms with E-state index in [-0.39, 0.29) is 4.90 Å². The highest BCUT2D eigenvalue weighted by atomic mass is 32.2. The highest BCUT2D eigenvalue weighted by Crippen LogP contribution is 2.23. The molecular weight excluding hydrogens is 275 g/mol. The van der Waals surface area contributed by atoms with Gasteiger partial charge < -0.3 is 0 Å². The van der Waals surface area contributed by atoms with Gasteiger partial charge in [-0.3, -0.25) is 4.72 Å². The quantitative estimate of drug-likeness (QED) is 0.943. The van der Waals surface area contributed by atoms with Gasteiger partial charge in [-0.25, -0.2) is 17.8 Å². The lowest BCUT2D eigenvalue weighted by Crippen LogP contribution is -2.14. The standard InChI is InChI=1S/C11H11FN2O2S2/c1-7-5-9(12)3-4-10(7)18(15,16)14-11-13-6-8(2)17-11/h3-6H,1-2H3,(H,13,14). The normalized spacial score (nSPS) is 11.5. The van der Waals surface area contributed by atoms with Gasteiger partial charge in [0.05, 0.1) is 4.90 Å². The second kappa shape index (κ2) is 4.66. The van der Waals surface area contributed by atoms with Gasteiger partial charge >= 0.3 is 0 Å². The molecule has 0 aliphatic carbocycles. The van der Waals surface area contributed by atoms with Crippen molar-refractivity contribution < 1.29 is 12.8 Å². The Bertz CT molecular complexity index is 680. The van der Waals surface area contributed by atoms with E-state index < -0.39 is 15.8 Å². The highest BCUT2D eigenvalue weighted by Gasteiger charge is 2.18. The summed E-state index contributed by atoms with van der Waals surface area (Å²) in [5.41, 5.74) is 0.357. The summed E-state index contributed by atoms with van der Waals surface area (Å²) in [6, 6.07) is 3.55. The first kappa shape index (κ1) is 13.0. The molecule has 0 unspecified atom stereocenters. The van der Waals surface area contributed by atoms with Crippen molar-refractivity contribution in [3.8, 4) is 0 Å². The van der Waals surface area contributed by atoms with Crippen molar-refractivity contribution in [1.82, 2.24) is 4.98 Å². The van der Waals surface area contributed by atoms with Gasteiger partial charge in [0.15, 0.2) is 5.13 Å². The maximum Gasteiger partial charge on any atom is 0.263 e. The smallest absolute Gasteiger partial charge is 0.255 e. The SMILES string of the molecule is Cc1cnc(NS(=O)(=O)c2ccc(F)cc2C)s1. The molecule has 0 fully saturated rings. The molecule has 7 heteroatoms. The number of halogens is 1. The number of aromatic nitrogens is 1. The Labute approximate surface area is 109 Å². The van der Waals surface area contributed by atoms with Crippen LogP contribution in [0.1, 0.15) is 10.4 Å². The van der Waals surface area contributed by atoms with Gasteiger partial charge in [-0.05, 0) is 37.6 Å². The third kappa shape index (κ3) is 2.68. The molecule has 1 heterocycles. The number of sulfonamides is 1. The van der Waals surface area contributed by atoms with Crippen molar-refractivity contribution in [2.24, 2.45) is 0 Å². The lowest BCUT2D eigenvalue weighted by atomic mass is 10.2. The molecule has 1 aromatic heterocycles. The predicted molar refractivity (Wildman–Crippen MR) is 68.8 cm³/mol. The van der Waals surface area contributed by atoms with Gasteiger partial charge in [-0.15, -0.1) is 11.3 Å². The molecular formula is C11H11FN2O2S2. The third-order valence-corrected chi connectivity index (χ3v) is 4.73.